The molecule has 0 aliphatic carbocycles. The first kappa shape index (κ1) is 12.3. The van der Waals surface area contributed by atoms with Gasteiger partial charge in [0.1, 0.15) is 5.82 Å². The number of fused-ring (bicyclic) bond motifs is 1. The largest absolute Gasteiger partial charge is 0.369 e. The summed E-state index contributed by atoms with van der Waals surface area (Å²) in [5.74, 6) is 1.21. The minimum absolute atomic E-state index is 1.04. The number of aryl methyl sites for hydroxylation is 2. The number of nitrogens with zero attached hydrogens (tertiary/aromatic N) is 2. The number of aromatic nitrogens is 2. The Kier molecular flexibility index (Phi) is 3.28. The molecular formula is C16H21N3. The number of nitrogens with one attached hydrogen (secondary N) is 1. The molecule has 1 aliphatic rings. The Labute approximate surface area is 114 Å². The zero-order valence-corrected chi connectivity index (χ0v) is 11.7. The third kappa shape index (κ3) is 2.25. The molecule has 2 aromatic rings. The molecule has 1 aliphatic heterocycles. The third-order valence-corrected chi connectivity index (χ3v) is 3.75. The van der Waals surface area contributed by atoms with Gasteiger partial charge in [0.25, 0.3) is 0 Å². The fourth-order valence-electron chi connectivity index (χ4n) is 2.74. The van der Waals surface area contributed by atoms with Gasteiger partial charge in [-0.25, -0.2) is 4.68 Å². The van der Waals surface area contributed by atoms with Crippen molar-refractivity contribution in [2.75, 3.05) is 11.9 Å². The minimum atomic E-state index is 1.04. The molecular weight excluding hydrogens is 234 g/mol. The molecule has 3 heteroatoms. The van der Waals surface area contributed by atoms with E-state index in [1.165, 1.54) is 35.5 Å². The summed E-state index contributed by atoms with van der Waals surface area (Å²) in [5.41, 5.74) is 5.14. The van der Waals surface area contributed by atoms with E-state index in [-0.39, 0.29) is 0 Å². The lowest BCUT2D eigenvalue weighted by molar-refractivity contribution is 0.744. The van der Waals surface area contributed by atoms with Crippen molar-refractivity contribution in [3.63, 3.8) is 0 Å². The molecule has 0 saturated heterocycles. The fourth-order valence-corrected chi connectivity index (χ4v) is 2.74. The van der Waals surface area contributed by atoms with Crippen LogP contribution in [0.1, 0.15) is 36.6 Å². The fraction of sp³-hybridized carbons (Fsp3) is 0.438. The number of rotatable bonds is 4. The maximum Gasteiger partial charge on any atom is 0.133 e. The van der Waals surface area contributed by atoms with Gasteiger partial charge in [-0.3, -0.25) is 0 Å². The van der Waals surface area contributed by atoms with Crippen LogP contribution in [0.15, 0.2) is 24.3 Å². The van der Waals surface area contributed by atoms with Crippen LogP contribution in [-0.2, 0) is 12.8 Å². The van der Waals surface area contributed by atoms with Crippen molar-refractivity contribution in [1.82, 2.24) is 9.78 Å². The highest BCUT2D eigenvalue weighted by Crippen LogP contribution is 2.29. The van der Waals surface area contributed by atoms with Gasteiger partial charge in [0.2, 0.25) is 0 Å². The second kappa shape index (κ2) is 5.08. The van der Waals surface area contributed by atoms with Crippen LogP contribution in [0, 0.1) is 6.92 Å². The van der Waals surface area contributed by atoms with E-state index in [4.69, 9.17) is 5.10 Å². The molecule has 0 amide bonds. The van der Waals surface area contributed by atoms with Gasteiger partial charge in [0.15, 0.2) is 0 Å². The van der Waals surface area contributed by atoms with Crippen molar-refractivity contribution < 1.29 is 0 Å². The Morgan fingerprint density at radius 2 is 2.26 bits per heavy atom. The maximum atomic E-state index is 4.83. The smallest absolute Gasteiger partial charge is 0.133 e. The normalized spacial score (nSPS) is 13.4. The van der Waals surface area contributed by atoms with E-state index in [1.54, 1.807) is 0 Å². The van der Waals surface area contributed by atoms with Gasteiger partial charge in [-0.2, -0.15) is 5.10 Å². The van der Waals surface area contributed by atoms with E-state index >= 15 is 0 Å². The van der Waals surface area contributed by atoms with Gasteiger partial charge < -0.3 is 5.32 Å². The van der Waals surface area contributed by atoms with E-state index in [0.29, 0.717) is 0 Å². The van der Waals surface area contributed by atoms with Crippen LogP contribution in [-0.4, -0.2) is 16.3 Å². The monoisotopic (exact) mass is 255 g/mol. The quantitative estimate of drug-likeness (QED) is 0.906. The Morgan fingerprint density at radius 3 is 3.05 bits per heavy atom. The lowest BCUT2D eigenvalue weighted by atomic mass is 10.1. The topological polar surface area (TPSA) is 29.9 Å². The molecule has 0 saturated carbocycles. The molecule has 0 atom stereocenters. The molecule has 1 N–H and O–H groups in total. The lowest BCUT2D eigenvalue weighted by Gasteiger charge is -2.07. The first-order chi connectivity index (χ1) is 9.29. The van der Waals surface area contributed by atoms with Crippen LogP contribution >= 0.6 is 0 Å². The summed E-state index contributed by atoms with van der Waals surface area (Å²) in [6.45, 7) is 5.40. The van der Waals surface area contributed by atoms with Gasteiger partial charge in [-0.1, -0.05) is 25.5 Å². The number of unbranched alkanes of at least 4 members (excludes halogenated alkanes) is 1. The van der Waals surface area contributed by atoms with Gasteiger partial charge >= 0.3 is 0 Å². The summed E-state index contributed by atoms with van der Waals surface area (Å²) in [6.07, 6.45) is 4.65. The lowest BCUT2D eigenvalue weighted by Crippen LogP contribution is -2.05. The van der Waals surface area contributed by atoms with Crippen molar-refractivity contribution >= 4 is 5.82 Å². The summed E-state index contributed by atoms with van der Waals surface area (Å²) < 4.78 is 2.08. The Bertz CT molecular complexity index is 584. The van der Waals surface area contributed by atoms with Crippen molar-refractivity contribution in [2.45, 2.75) is 39.5 Å². The summed E-state index contributed by atoms with van der Waals surface area (Å²) in [7, 11) is 0. The van der Waals surface area contributed by atoms with Crippen molar-refractivity contribution in [1.29, 1.82) is 0 Å². The van der Waals surface area contributed by atoms with E-state index in [9.17, 15) is 0 Å². The Balaban J connectivity index is 2.02. The standard InChI is InChI=1S/C16H21N3/c1-3-4-8-15-14-9-10-17-16(14)19(18-15)13-7-5-6-12(2)11-13/h5-7,11,17H,3-4,8-10H2,1-2H3. The summed E-state index contributed by atoms with van der Waals surface area (Å²) in [5, 5.41) is 8.32. The molecule has 3 rings (SSSR count). The maximum absolute atomic E-state index is 4.83. The van der Waals surface area contributed by atoms with Gasteiger partial charge in [-0.15, -0.1) is 0 Å². The Hall–Kier alpha value is -1.77. The highest BCUT2D eigenvalue weighted by atomic mass is 15.3. The molecule has 2 heterocycles. The van der Waals surface area contributed by atoms with Gasteiger partial charge in [0, 0.05) is 12.1 Å². The molecule has 3 nitrogen and oxygen atoms in total. The van der Waals surface area contributed by atoms with Gasteiger partial charge in [-0.05, 0) is 43.9 Å². The zero-order chi connectivity index (χ0) is 13.2. The summed E-state index contributed by atoms with van der Waals surface area (Å²) in [6, 6.07) is 8.54. The van der Waals surface area contributed by atoms with E-state index in [0.717, 1.165) is 25.1 Å². The van der Waals surface area contributed by atoms with Crippen LogP contribution in [0.5, 0.6) is 0 Å². The van der Waals surface area contributed by atoms with Crippen molar-refractivity contribution in [3.8, 4) is 5.69 Å². The average Bonchev–Trinajstić information content (AvgIpc) is 2.98. The van der Waals surface area contributed by atoms with Crippen molar-refractivity contribution in [2.24, 2.45) is 0 Å². The first-order valence-electron chi connectivity index (χ1n) is 7.21. The van der Waals surface area contributed by atoms with Crippen LogP contribution in [0.2, 0.25) is 0 Å². The number of benzene rings is 1. The number of hydrogen-bond acceptors (Lipinski definition) is 2. The molecule has 0 bridgehead atoms. The number of hydrogen-bond donors (Lipinski definition) is 1. The average molecular weight is 255 g/mol. The van der Waals surface area contributed by atoms with Crippen LogP contribution in [0.3, 0.4) is 0 Å². The molecule has 1 aromatic heterocycles. The second-order valence-electron chi connectivity index (χ2n) is 5.30. The zero-order valence-electron chi connectivity index (χ0n) is 11.7. The van der Waals surface area contributed by atoms with E-state index in [1.807, 2.05) is 0 Å². The van der Waals surface area contributed by atoms with Crippen LogP contribution in [0.25, 0.3) is 5.69 Å². The highest BCUT2D eigenvalue weighted by molar-refractivity contribution is 5.57. The van der Waals surface area contributed by atoms with E-state index < -0.39 is 0 Å². The molecule has 0 radical (unpaired) electrons. The summed E-state index contributed by atoms with van der Waals surface area (Å²) in [4.78, 5) is 0. The minimum Gasteiger partial charge on any atom is -0.369 e. The predicted molar refractivity (Wildman–Crippen MR) is 79.1 cm³/mol. The number of anilines is 1. The highest BCUT2D eigenvalue weighted by Gasteiger charge is 2.22. The SMILES string of the molecule is CCCCc1nn(-c2cccc(C)c2)c2c1CCN2. The van der Waals surface area contributed by atoms with E-state index in [2.05, 4.69) is 48.1 Å². The summed E-state index contributed by atoms with van der Waals surface area (Å²) >= 11 is 0. The van der Waals surface area contributed by atoms with Gasteiger partial charge in [0.05, 0.1) is 11.4 Å². The first-order valence-corrected chi connectivity index (χ1v) is 7.21. The molecule has 0 fully saturated rings. The third-order valence-electron chi connectivity index (χ3n) is 3.75. The van der Waals surface area contributed by atoms with Crippen LogP contribution in [0.4, 0.5) is 5.82 Å². The van der Waals surface area contributed by atoms with Crippen LogP contribution < -0.4 is 5.32 Å². The van der Waals surface area contributed by atoms with Crippen molar-refractivity contribution in [3.05, 3.63) is 41.1 Å². The second-order valence-corrected chi connectivity index (χ2v) is 5.30. The Morgan fingerprint density at radius 1 is 1.37 bits per heavy atom. The molecule has 0 spiro atoms. The molecule has 1 aromatic carbocycles. The molecule has 0 unspecified atom stereocenters. The molecule has 100 valence electrons. The molecule has 19 heavy (non-hydrogen) atoms. The predicted octanol–water partition coefficient (Wildman–Crippen LogP) is 3.49.